The summed E-state index contributed by atoms with van der Waals surface area (Å²) >= 11 is 12.2. The van der Waals surface area contributed by atoms with E-state index >= 15 is 0 Å². The number of halogens is 2. The van der Waals surface area contributed by atoms with Gasteiger partial charge >= 0.3 is 5.69 Å². The van der Waals surface area contributed by atoms with Crippen LogP contribution in [0, 0.1) is 5.41 Å². The maximum Gasteiger partial charge on any atom is 0.330 e. The van der Waals surface area contributed by atoms with E-state index in [1.54, 1.807) is 13.8 Å². The number of rotatable bonds is 6. The normalized spacial score (nSPS) is 21.5. The molecule has 1 atom stereocenters. The first-order valence-electron chi connectivity index (χ1n) is 7.93. The maximum atomic E-state index is 12.9. The first-order chi connectivity index (χ1) is 11.1. The van der Waals surface area contributed by atoms with Crippen LogP contribution < -0.4 is 21.9 Å². The molecular formula is C15H22Cl2N4O3. The van der Waals surface area contributed by atoms with Gasteiger partial charge in [-0.1, -0.05) is 13.3 Å². The minimum atomic E-state index is -1.16. The number of aromatic amines is 1. The van der Waals surface area contributed by atoms with Crippen molar-refractivity contribution in [1.29, 1.82) is 0 Å². The lowest BCUT2D eigenvalue weighted by atomic mass is 10.1. The Bertz CT molecular complexity index is 771. The molecule has 9 heteroatoms. The number of alkyl halides is 2. The Morgan fingerprint density at radius 3 is 2.42 bits per heavy atom. The van der Waals surface area contributed by atoms with Gasteiger partial charge in [0, 0.05) is 13.1 Å². The summed E-state index contributed by atoms with van der Waals surface area (Å²) in [5.41, 5.74) is 3.77. The van der Waals surface area contributed by atoms with Crippen LogP contribution in [-0.4, -0.2) is 26.3 Å². The fourth-order valence-electron chi connectivity index (χ4n) is 2.71. The minimum Gasteiger partial charge on any atom is -0.383 e. The van der Waals surface area contributed by atoms with Crippen molar-refractivity contribution in [2.75, 3.05) is 17.2 Å². The Balaban J connectivity index is 2.51. The Morgan fingerprint density at radius 2 is 1.96 bits per heavy atom. The SMILES string of the molecule is CCCCn1c(N)c(N(CC)C(=O)C2(C)CC2(Cl)Cl)c(=O)[nH]c1=O. The molecule has 3 N–H and O–H groups in total. The van der Waals surface area contributed by atoms with Crippen molar-refractivity contribution >= 4 is 40.6 Å². The molecule has 1 unspecified atom stereocenters. The second-order valence-electron chi connectivity index (χ2n) is 6.26. The van der Waals surface area contributed by atoms with Gasteiger partial charge in [-0.25, -0.2) is 4.79 Å². The van der Waals surface area contributed by atoms with Crippen molar-refractivity contribution in [2.45, 2.75) is 50.9 Å². The van der Waals surface area contributed by atoms with Gasteiger partial charge in [-0.15, -0.1) is 23.2 Å². The topological polar surface area (TPSA) is 101 Å². The fraction of sp³-hybridized carbons (Fsp3) is 0.667. The number of aromatic nitrogens is 2. The van der Waals surface area contributed by atoms with Crippen molar-refractivity contribution in [1.82, 2.24) is 9.55 Å². The zero-order chi connectivity index (χ0) is 18.3. The molecule has 0 saturated heterocycles. The van der Waals surface area contributed by atoms with Crippen LogP contribution in [0.5, 0.6) is 0 Å². The summed E-state index contributed by atoms with van der Waals surface area (Å²) in [5.74, 6) is -0.403. The van der Waals surface area contributed by atoms with Gasteiger partial charge in [-0.2, -0.15) is 0 Å². The number of carbonyl (C=O) groups is 1. The first kappa shape index (κ1) is 18.9. The maximum absolute atomic E-state index is 12.9. The number of nitrogens with two attached hydrogens (primary N) is 1. The van der Waals surface area contributed by atoms with E-state index < -0.39 is 21.0 Å². The molecule has 0 radical (unpaired) electrons. The Labute approximate surface area is 149 Å². The van der Waals surface area contributed by atoms with E-state index in [9.17, 15) is 14.4 Å². The molecule has 0 spiro atoms. The van der Waals surface area contributed by atoms with Crippen molar-refractivity contribution in [3.63, 3.8) is 0 Å². The number of anilines is 2. The summed E-state index contributed by atoms with van der Waals surface area (Å²) in [6.45, 7) is 5.91. The molecule has 1 amide bonds. The van der Waals surface area contributed by atoms with E-state index in [-0.39, 0.29) is 24.0 Å². The fourth-order valence-corrected chi connectivity index (χ4v) is 3.41. The molecule has 24 heavy (non-hydrogen) atoms. The van der Waals surface area contributed by atoms with Gasteiger partial charge in [0.15, 0.2) is 5.69 Å². The minimum absolute atomic E-state index is 0.0219. The zero-order valence-corrected chi connectivity index (χ0v) is 15.5. The lowest BCUT2D eigenvalue weighted by molar-refractivity contribution is -0.123. The third-order valence-electron chi connectivity index (χ3n) is 4.51. The van der Waals surface area contributed by atoms with E-state index in [1.165, 1.54) is 9.47 Å². The molecule has 1 saturated carbocycles. The quantitative estimate of drug-likeness (QED) is 0.739. The van der Waals surface area contributed by atoms with Crippen LogP contribution in [0.3, 0.4) is 0 Å². The van der Waals surface area contributed by atoms with Crippen LogP contribution in [0.15, 0.2) is 9.59 Å². The Kier molecular flexibility index (Phi) is 5.06. The standard InChI is InChI=1S/C15H22Cl2N4O3/c1-4-6-7-21-10(18)9(11(22)19-13(21)24)20(5-2)12(23)14(3)8-15(14,16)17/h4-8,18H2,1-3H3,(H,19,22,24). The van der Waals surface area contributed by atoms with E-state index in [0.717, 1.165) is 12.8 Å². The monoisotopic (exact) mass is 376 g/mol. The molecular weight excluding hydrogens is 355 g/mol. The predicted octanol–water partition coefficient (Wildman–Crippen LogP) is 1.86. The summed E-state index contributed by atoms with van der Waals surface area (Å²) < 4.78 is 0.121. The number of carbonyl (C=O) groups excluding carboxylic acids is 1. The Morgan fingerprint density at radius 1 is 1.38 bits per heavy atom. The molecule has 0 aromatic carbocycles. The number of nitrogens with zero attached hydrogens (tertiary/aromatic N) is 2. The molecule has 2 rings (SSSR count). The summed E-state index contributed by atoms with van der Waals surface area (Å²) in [6, 6.07) is 0. The van der Waals surface area contributed by atoms with Crippen LogP contribution in [0.25, 0.3) is 0 Å². The number of H-pyrrole nitrogens is 1. The Hall–Kier alpha value is -1.47. The number of amides is 1. The smallest absolute Gasteiger partial charge is 0.330 e. The number of nitrogens with one attached hydrogen (secondary N) is 1. The van der Waals surface area contributed by atoms with Crippen LogP contribution in [0.2, 0.25) is 0 Å². The lowest BCUT2D eigenvalue weighted by Gasteiger charge is -2.26. The van der Waals surface area contributed by atoms with Crippen molar-refractivity contribution in [3.8, 4) is 0 Å². The van der Waals surface area contributed by atoms with Gasteiger partial charge in [0.25, 0.3) is 5.56 Å². The molecule has 0 bridgehead atoms. The zero-order valence-electron chi connectivity index (χ0n) is 14.0. The molecule has 1 fully saturated rings. The number of nitrogen functional groups attached to an aromatic ring is 1. The average molecular weight is 377 g/mol. The molecule has 1 heterocycles. The van der Waals surface area contributed by atoms with Crippen LogP contribution in [-0.2, 0) is 11.3 Å². The van der Waals surface area contributed by atoms with Crippen LogP contribution in [0.4, 0.5) is 11.5 Å². The van der Waals surface area contributed by atoms with E-state index in [4.69, 9.17) is 28.9 Å². The highest BCUT2D eigenvalue weighted by Gasteiger charge is 2.69. The molecule has 0 aliphatic heterocycles. The summed E-state index contributed by atoms with van der Waals surface area (Å²) in [7, 11) is 0. The van der Waals surface area contributed by atoms with Crippen molar-refractivity contribution in [2.24, 2.45) is 5.41 Å². The highest BCUT2D eigenvalue weighted by atomic mass is 35.5. The van der Waals surface area contributed by atoms with Crippen LogP contribution in [0.1, 0.15) is 40.0 Å². The summed E-state index contributed by atoms with van der Waals surface area (Å²) in [5, 5.41) is 0. The van der Waals surface area contributed by atoms with Gasteiger partial charge in [0.05, 0.1) is 5.41 Å². The molecule has 134 valence electrons. The van der Waals surface area contributed by atoms with Gasteiger partial charge in [-0.3, -0.25) is 19.1 Å². The highest BCUT2D eigenvalue weighted by molar-refractivity contribution is 6.53. The first-order valence-corrected chi connectivity index (χ1v) is 8.68. The van der Waals surface area contributed by atoms with E-state index in [2.05, 4.69) is 4.98 Å². The predicted molar refractivity (Wildman–Crippen MR) is 95.8 cm³/mol. The summed E-state index contributed by atoms with van der Waals surface area (Å²) in [4.78, 5) is 40.6. The largest absolute Gasteiger partial charge is 0.383 e. The average Bonchev–Trinajstić information content (AvgIpc) is 3.02. The third-order valence-corrected chi connectivity index (χ3v) is 5.61. The highest BCUT2D eigenvalue weighted by Crippen LogP contribution is 2.64. The molecule has 1 aromatic heterocycles. The van der Waals surface area contributed by atoms with E-state index in [1.807, 2.05) is 6.92 Å². The van der Waals surface area contributed by atoms with E-state index in [0.29, 0.717) is 13.0 Å². The summed E-state index contributed by atoms with van der Waals surface area (Å²) in [6.07, 6.45) is 1.88. The number of unbranched alkanes of at least 4 members (excludes halogenated alkanes) is 1. The number of hydrogen-bond acceptors (Lipinski definition) is 4. The van der Waals surface area contributed by atoms with Gasteiger partial charge in [0.2, 0.25) is 5.91 Å². The van der Waals surface area contributed by atoms with Gasteiger partial charge in [-0.05, 0) is 26.7 Å². The van der Waals surface area contributed by atoms with Gasteiger partial charge in [0.1, 0.15) is 10.2 Å². The third kappa shape index (κ3) is 2.95. The van der Waals surface area contributed by atoms with Crippen molar-refractivity contribution in [3.05, 3.63) is 20.8 Å². The molecule has 7 nitrogen and oxygen atoms in total. The van der Waals surface area contributed by atoms with Crippen LogP contribution >= 0.6 is 23.2 Å². The molecule has 1 aliphatic carbocycles. The molecule has 1 aliphatic rings. The number of hydrogen-bond donors (Lipinski definition) is 2. The van der Waals surface area contributed by atoms with Crippen molar-refractivity contribution < 1.29 is 4.79 Å². The second-order valence-corrected chi connectivity index (χ2v) is 7.74. The molecule has 1 aromatic rings. The second kappa shape index (κ2) is 6.44. The lowest BCUT2D eigenvalue weighted by Crippen LogP contribution is -2.44. The van der Waals surface area contributed by atoms with Gasteiger partial charge < -0.3 is 10.6 Å².